The van der Waals surface area contributed by atoms with E-state index >= 15 is 0 Å². The number of nitro groups is 2. The zero-order valence-corrected chi connectivity index (χ0v) is 15.3. The number of non-ortho nitro benzene ring substituents is 1. The summed E-state index contributed by atoms with van der Waals surface area (Å²) in [5.41, 5.74) is 2.42. The first kappa shape index (κ1) is 20.0. The number of benzene rings is 2. The highest BCUT2D eigenvalue weighted by Crippen LogP contribution is 2.26. The molecule has 0 amide bonds. The number of nitrogens with zero attached hydrogens (tertiary/aromatic N) is 3. The summed E-state index contributed by atoms with van der Waals surface area (Å²) in [6.45, 7) is 2.29. The molecule has 0 aromatic heterocycles. The van der Waals surface area contributed by atoms with Gasteiger partial charge in [0.25, 0.3) is 11.4 Å². The Hall–Kier alpha value is -3.33. The fourth-order valence-electron chi connectivity index (χ4n) is 2.68. The van der Waals surface area contributed by atoms with Crippen LogP contribution in [0.15, 0.2) is 41.6 Å². The van der Waals surface area contributed by atoms with Gasteiger partial charge in [-0.1, -0.05) is 23.4 Å². The number of nitro benzene ring substituents is 2. The third-order valence-corrected chi connectivity index (χ3v) is 4.07. The lowest BCUT2D eigenvalue weighted by molar-refractivity contribution is -0.385. The maximum absolute atomic E-state index is 11.3. The molecule has 9 heteroatoms. The van der Waals surface area contributed by atoms with Gasteiger partial charge < -0.3 is 10.2 Å². The van der Waals surface area contributed by atoms with Gasteiger partial charge in [0.15, 0.2) is 0 Å². The number of aryl methyl sites for hydroxylation is 1. The van der Waals surface area contributed by atoms with Gasteiger partial charge in [-0.25, -0.2) is 0 Å². The van der Waals surface area contributed by atoms with Crippen LogP contribution in [0.1, 0.15) is 22.3 Å². The van der Waals surface area contributed by atoms with E-state index in [4.69, 9.17) is 4.84 Å². The first-order chi connectivity index (χ1) is 12.9. The van der Waals surface area contributed by atoms with Crippen molar-refractivity contribution in [3.63, 3.8) is 0 Å². The fraction of sp³-hybridized carbons (Fsp3) is 0.278. The van der Waals surface area contributed by atoms with Crippen molar-refractivity contribution < 1.29 is 14.7 Å². The molecule has 0 aliphatic heterocycles. The summed E-state index contributed by atoms with van der Waals surface area (Å²) in [5.74, 6) is 0. The van der Waals surface area contributed by atoms with Crippen molar-refractivity contribution >= 4 is 17.1 Å². The zero-order chi connectivity index (χ0) is 20.0. The van der Waals surface area contributed by atoms with Crippen LogP contribution in [-0.2, 0) is 11.3 Å². The van der Waals surface area contributed by atoms with Crippen molar-refractivity contribution in [1.29, 1.82) is 0 Å². The maximum atomic E-state index is 11.3. The van der Waals surface area contributed by atoms with Crippen LogP contribution in [0, 0.1) is 27.2 Å². The monoisotopic (exact) mass is 372 g/mol. The first-order valence-corrected chi connectivity index (χ1v) is 8.18. The van der Waals surface area contributed by atoms with Crippen LogP contribution in [-0.4, -0.2) is 36.3 Å². The largest absolute Gasteiger partial charge is 0.399 e. The lowest BCUT2D eigenvalue weighted by Crippen LogP contribution is -2.15. The highest BCUT2D eigenvalue weighted by molar-refractivity contribution is 6.14. The minimum atomic E-state index is -0.493. The van der Waals surface area contributed by atoms with Crippen LogP contribution in [0.3, 0.4) is 0 Å². The van der Waals surface area contributed by atoms with Crippen LogP contribution in [0.5, 0.6) is 0 Å². The van der Waals surface area contributed by atoms with E-state index < -0.39 is 9.85 Å². The molecule has 2 rings (SSSR count). The van der Waals surface area contributed by atoms with Crippen LogP contribution >= 0.6 is 0 Å². The molecule has 142 valence electrons. The molecule has 0 aliphatic carbocycles. The van der Waals surface area contributed by atoms with Gasteiger partial charge in [0.1, 0.15) is 12.8 Å². The number of hydrogen-bond acceptors (Lipinski definition) is 7. The molecule has 1 N–H and O–H groups in total. The quantitative estimate of drug-likeness (QED) is 0.432. The lowest BCUT2D eigenvalue weighted by atomic mass is 9.94. The number of rotatable bonds is 8. The number of likely N-dealkylation sites (N-methyl/N-ethyl adjacent to an activating group) is 1. The number of oxime groups is 1. The van der Waals surface area contributed by atoms with E-state index in [2.05, 4.69) is 10.5 Å². The number of hydrogen-bond donors (Lipinski definition) is 1. The third kappa shape index (κ3) is 4.64. The second kappa shape index (κ2) is 8.86. The normalized spacial score (nSPS) is 11.3. The topological polar surface area (TPSA) is 120 Å². The minimum absolute atomic E-state index is 0.0569. The van der Waals surface area contributed by atoms with E-state index in [9.17, 15) is 20.2 Å². The molecular formula is C18H20N4O5. The Labute approximate surface area is 155 Å². The number of nitrogens with one attached hydrogen (secondary N) is 1. The van der Waals surface area contributed by atoms with Crippen molar-refractivity contribution in [1.82, 2.24) is 5.32 Å². The lowest BCUT2D eigenvalue weighted by Gasteiger charge is -2.12. The van der Waals surface area contributed by atoms with Gasteiger partial charge in [-0.05, 0) is 32.5 Å². The zero-order valence-electron chi connectivity index (χ0n) is 15.3. The predicted octanol–water partition coefficient (Wildman–Crippen LogP) is 2.97. The summed E-state index contributed by atoms with van der Waals surface area (Å²) in [6, 6.07) is 9.20. The van der Waals surface area contributed by atoms with Crippen LogP contribution in [0.4, 0.5) is 11.4 Å². The summed E-state index contributed by atoms with van der Waals surface area (Å²) < 4.78 is 0. The molecule has 0 fully saturated rings. The van der Waals surface area contributed by atoms with Crippen molar-refractivity contribution in [2.45, 2.75) is 13.3 Å². The van der Waals surface area contributed by atoms with Crippen LogP contribution in [0.25, 0.3) is 0 Å². The van der Waals surface area contributed by atoms with Crippen LogP contribution < -0.4 is 5.32 Å². The molecule has 0 spiro atoms. The molecule has 27 heavy (non-hydrogen) atoms. The Kier molecular flexibility index (Phi) is 6.56. The predicted molar refractivity (Wildman–Crippen MR) is 101 cm³/mol. The van der Waals surface area contributed by atoms with Gasteiger partial charge >= 0.3 is 0 Å². The molecule has 0 aliphatic rings. The SMILES string of the molecule is CNCCc1ccc([N+](=O)[O-])cc1/C(=N\OC)c1ccc(C)c([N+](=O)[O-])c1. The van der Waals surface area contributed by atoms with E-state index in [0.717, 1.165) is 5.56 Å². The highest BCUT2D eigenvalue weighted by atomic mass is 16.6. The van der Waals surface area contributed by atoms with E-state index in [0.29, 0.717) is 35.4 Å². The maximum Gasteiger partial charge on any atom is 0.272 e. The summed E-state index contributed by atoms with van der Waals surface area (Å²) in [4.78, 5) is 26.5. The highest BCUT2D eigenvalue weighted by Gasteiger charge is 2.20. The molecule has 2 aromatic carbocycles. The minimum Gasteiger partial charge on any atom is -0.399 e. The second-order valence-corrected chi connectivity index (χ2v) is 5.83. The Morgan fingerprint density at radius 1 is 1.15 bits per heavy atom. The van der Waals surface area contributed by atoms with E-state index in [1.54, 1.807) is 32.2 Å². The van der Waals surface area contributed by atoms with Gasteiger partial charge in [0.2, 0.25) is 0 Å². The average Bonchev–Trinajstić information content (AvgIpc) is 2.64. The Balaban J connectivity index is 2.67. The second-order valence-electron chi connectivity index (χ2n) is 5.83. The van der Waals surface area contributed by atoms with Crippen molar-refractivity contribution in [3.05, 3.63) is 78.9 Å². The molecule has 0 heterocycles. The summed E-state index contributed by atoms with van der Waals surface area (Å²) in [5, 5.41) is 29.5. The van der Waals surface area contributed by atoms with Crippen LogP contribution in [0.2, 0.25) is 0 Å². The van der Waals surface area contributed by atoms with Crippen molar-refractivity contribution in [3.8, 4) is 0 Å². The first-order valence-electron chi connectivity index (χ1n) is 8.18. The molecule has 0 saturated carbocycles. The summed E-state index contributed by atoms with van der Waals surface area (Å²) >= 11 is 0. The standard InChI is InChI=1S/C18H20N4O5/c1-12-4-5-14(10-17(12)22(25)26)18(20-27-3)16-11-15(21(23)24)7-6-13(16)8-9-19-2/h4-7,10-11,19H,8-9H2,1-3H3/b20-18-. The molecule has 0 atom stereocenters. The Morgan fingerprint density at radius 3 is 2.48 bits per heavy atom. The molecule has 0 bridgehead atoms. The molecule has 9 nitrogen and oxygen atoms in total. The molecule has 0 radical (unpaired) electrons. The Morgan fingerprint density at radius 2 is 1.89 bits per heavy atom. The smallest absolute Gasteiger partial charge is 0.272 e. The van der Waals surface area contributed by atoms with Gasteiger partial charge in [0.05, 0.1) is 9.85 Å². The van der Waals surface area contributed by atoms with Gasteiger partial charge in [-0.15, -0.1) is 0 Å². The third-order valence-electron chi connectivity index (χ3n) is 4.07. The van der Waals surface area contributed by atoms with Crippen molar-refractivity contribution in [2.24, 2.45) is 5.16 Å². The van der Waals surface area contributed by atoms with E-state index in [1.165, 1.54) is 25.3 Å². The molecule has 0 saturated heterocycles. The Bertz CT molecular complexity index is 895. The fourth-order valence-corrected chi connectivity index (χ4v) is 2.68. The van der Waals surface area contributed by atoms with Gasteiger partial charge in [-0.2, -0.15) is 0 Å². The molecule has 2 aromatic rings. The van der Waals surface area contributed by atoms with Gasteiger partial charge in [0, 0.05) is 34.9 Å². The van der Waals surface area contributed by atoms with Gasteiger partial charge in [-0.3, -0.25) is 20.2 Å². The van der Waals surface area contributed by atoms with Crippen molar-refractivity contribution in [2.75, 3.05) is 20.7 Å². The summed E-state index contributed by atoms with van der Waals surface area (Å²) in [7, 11) is 3.16. The average molecular weight is 372 g/mol. The molecular weight excluding hydrogens is 352 g/mol. The molecule has 0 unspecified atom stereocenters. The van der Waals surface area contributed by atoms with E-state index in [1.807, 2.05) is 0 Å². The summed E-state index contributed by atoms with van der Waals surface area (Å²) in [6.07, 6.45) is 0.598. The van der Waals surface area contributed by atoms with E-state index in [-0.39, 0.29) is 11.4 Å².